The lowest BCUT2D eigenvalue weighted by Crippen LogP contribution is -2.21. The lowest BCUT2D eigenvalue weighted by atomic mass is 10.1. The lowest BCUT2D eigenvalue weighted by molar-refractivity contribution is -0.120. The van der Waals surface area contributed by atoms with Gasteiger partial charge in [-0.15, -0.1) is 11.3 Å². The van der Waals surface area contributed by atoms with Gasteiger partial charge in [-0.05, 0) is 19.1 Å². The maximum Gasteiger partial charge on any atom is 0.246 e. The van der Waals surface area contributed by atoms with Crippen molar-refractivity contribution in [3.05, 3.63) is 64.5 Å². The summed E-state index contributed by atoms with van der Waals surface area (Å²) in [6.07, 6.45) is 0.121. The summed E-state index contributed by atoms with van der Waals surface area (Å²) in [6, 6.07) is 14.0. The summed E-state index contributed by atoms with van der Waals surface area (Å²) in [5.74, 6) is -0.439. The number of carbonyl (C=O) groups excluding carboxylic acids is 1. The van der Waals surface area contributed by atoms with Crippen LogP contribution in [0.3, 0.4) is 0 Å². The van der Waals surface area contributed by atoms with Gasteiger partial charge in [0.05, 0.1) is 17.8 Å². The van der Waals surface area contributed by atoms with E-state index in [0.29, 0.717) is 16.3 Å². The second-order valence-corrected chi connectivity index (χ2v) is 6.55. The van der Waals surface area contributed by atoms with Crippen LogP contribution >= 0.6 is 11.3 Å². The third-order valence-electron chi connectivity index (χ3n) is 3.65. The van der Waals surface area contributed by atoms with Gasteiger partial charge in [0, 0.05) is 22.6 Å². The number of hydrogen-bond acceptors (Lipinski definition) is 6. The summed E-state index contributed by atoms with van der Waals surface area (Å²) in [4.78, 5) is 16.6. The van der Waals surface area contributed by atoms with E-state index in [1.54, 1.807) is 6.92 Å². The maximum absolute atomic E-state index is 12.1. The molecule has 0 aliphatic heterocycles. The monoisotopic (exact) mass is 367 g/mol. The van der Waals surface area contributed by atoms with Crippen LogP contribution in [0.2, 0.25) is 0 Å². The summed E-state index contributed by atoms with van der Waals surface area (Å²) < 4.78 is 0. The fraction of sp³-hybridized carbons (Fsp3) is 0.105. The van der Waals surface area contributed by atoms with Crippen molar-refractivity contribution in [2.75, 3.05) is 0 Å². The Balaban J connectivity index is 1.63. The molecule has 132 valence electrons. The topological polar surface area (TPSA) is 94.8 Å². The average Bonchev–Trinajstić information content (AvgIpc) is 3.09. The standard InChI is InChI=1S/C19H17N3O3S/c1-12(15-8-7-14(23)9-17(15)24)21-22-18(25)10-19-20-16(11-26-19)13-5-3-2-4-6-13/h2-9,11,23-24H,10H2,1H3,(H,22,25)/b21-12+. The number of benzene rings is 2. The van der Waals surface area contributed by atoms with Gasteiger partial charge in [-0.25, -0.2) is 10.4 Å². The van der Waals surface area contributed by atoms with E-state index in [1.807, 2.05) is 35.7 Å². The molecule has 0 spiro atoms. The van der Waals surface area contributed by atoms with Crippen molar-refractivity contribution >= 4 is 23.0 Å². The molecular weight excluding hydrogens is 350 g/mol. The number of carbonyl (C=O) groups is 1. The molecule has 0 unspecified atom stereocenters. The van der Waals surface area contributed by atoms with Gasteiger partial charge in [0.25, 0.3) is 0 Å². The molecule has 3 aromatic rings. The van der Waals surface area contributed by atoms with E-state index in [4.69, 9.17) is 0 Å². The number of phenolic OH excluding ortho intramolecular Hbond substituents is 2. The first kappa shape index (κ1) is 17.6. The highest BCUT2D eigenvalue weighted by molar-refractivity contribution is 7.10. The first-order valence-corrected chi connectivity index (χ1v) is 8.76. The highest BCUT2D eigenvalue weighted by Gasteiger charge is 2.10. The van der Waals surface area contributed by atoms with Gasteiger partial charge in [-0.1, -0.05) is 30.3 Å². The third-order valence-corrected chi connectivity index (χ3v) is 4.50. The highest BCUT2D eigenvalue weighted by Crippen LogP contribution is 2.23. The van der Waals surface area contributed by atoms with Crippen LogP contribution < -0.4 is 5.43 Å². The van der Waals surface area contributed by atoms with Crippen LogP contribution in [0.25, 0.3) is 11.3 Å². The Bertz CT molecular complexity index is 952. The Morgan fingerprint density at radius 3 is 2.69 bits per heavy atom. The first-order valence-electron chi connectivity index (χ1n) is 7.88. The van der Waals surface area contributed by atoms with Gasteiger partial charge in [-0.3, -0.25) is 4.79 Å². The van der Waals surface area contributed by atoms with E-state index in [-0.39, 0.29) is 23.8 Å². The molecule has 3 rings (SSSR count). The lowest BCUT2D eigenvalue weighted by Gasteiger charge is -2.05. The Kier molecular flexibility index (Phi) is 5.28. The predicted octanol–water partition coefficient (Wildman–Crippen LogP) is 3.30. The number of hydrogen-bond donors (Lipinski definition) is 3. The molecule has 3 N–H and O–H groups in total. The van der Waals surface area contributed by atoms with Crippen LogP contribution in [-0.2, 0) is 11.2 Å². The molecule has 0 fully saturated rings. The number of phenols is 2. The molecule has 0 aliphatic rings. The zero-order valence-electron chi connectivity index (χ0n) is 14.0. The SMILES string of the molecule is C/C(=N\NC(=O)Cc1nc(-c2ccccc2)cs1)c1ccc(O)cc1O. The Labute approximate surface area is 154 Å². The van der Waals surface area contributed by atoms with Crippen molar-refractivity contribution in [2.45, 2.75) is 13.3 Å². The zero-order valence-corrected chi connectivity index (χ0v) is 14.8. The summed E-state index contributed by atoms with van der Waals surface area (Å²) in [5.41, 5.74) is 5.17. The second-order valence-electron chi connectivity index (χ2n) is 5.60. The van der Waals surface area contributed by atoms with Crippen molar-refractivity contribution in [2.24, 2.45) is 5.10 Å². The van der Waals surface area contributed by atoms with Crippen molar-refractivity contribution < 1.29 is 15.0 Å². The molecule has 1 aromatic heterocycles. The van der Waals surface area contributed by atoms with Crippen LogP contribution in [0.5, 0.6) is 11.5 Å². The minimum absolute atomic E-state index is 0.0407. The van der Waals surface area contributed by atoms with Crippen LogP contribution in [0.4, 0.5) is 0 Å². The molecule has 0 aliphatic carbocycles. The summed E-state index contributed by atoms with van der Waals surface area (Å²) in [7, 11) is 0. The molecule has 1 amide bonds. The van der Waals surface area contributed by atoms with Crippen molar-refractivity contribution in [1.82, 2.24) is 10.4 Å². The number of thiazole rings is 1. The van der Waals surface area contributed by atoms with Gasteiger partial charge >= 0.3 is 0 Å². The molecule has 0 saturated carbocycles. The normalized spacial score (nSPS) is 11.3. The molecule has 0 bridgehead atoms. The number of rotatable bonds is 5. The number of nitrogens with zero attached hydrogens (tertiary/aromatic N) is 2. The van der Waals surface area contributed by atoms with Crippen LogP contribution in [0, 0.1) is 0 Å². The summed E-state index contributed by atoms with van der Waals surface area (Å²) >= 11 is 1.42. The summed E-state index contributed by atoms with van der Waals surface area (Å²) in [5, 5.41) is 25.7. The van der Waals surface area contributed by atoms with E-state index in [2.05, 4.69) is 15.5 Å². The quantitative estimate of drug-likeness (QED) is 0.476. The van der Waals surface area contributed by atoms with E-state index >= 15 is 0 Å². The molecular formula is C19H17N3O3S. The third kappa shape index (κ3) is 4.25. The van der Waals surface area contributed by atoms with Crippen LogP contribution in [-0.4, -0.2) is 26.8 Å². The molecule has 0 saturated heterocycles. The Hall–Kier alpha value is -3.19. The maximum atomic E-state index is 12.1. The molecule has 0 atom stereocenters. The molecule has 0 radical (unpaired) electrons. The fourth-order valence-electron chi connectivity index (χ4n) is 2.34. The number of amides is 1. The Morgan fingerprint density at radius 2 is 1.96 bits per heavy atom. The molecule has 1 heterocycles. The van der Waals surface area contributed by atoms with E-state index in [1.165, 1.54) is 29.5 Å². The average molecular weight is 367 g/mol. The second kappa shape index (κ2) is 7.79. The fourth-order valence-corrected chi connectivity index (χ4v) is 3.14. The van der Waals surface area contributed by atoms with Crippen molar-refractivity contribution in [1.29, 1.82) is 0 Å². The minimum atomic E-state index is -0.295. The molecule has 26 heavy (non-hydrogen) atoms. The smallest absolute Gasteiger partial charge is 0.246 e. The van der Waals surface area contributed by atoms with Crippen molar-refractivity contribution in [3.8, 4) is 22.8 Å². The number of hydrazone groups is 1. The van der Waals surface area contributed by atoms with Crippen molar-refractivity contribution in [3.63, 3.8) is 0 Å². The number of nitrogens with one attached hydrogen (secondary N) is 1. The number of aromatic hydroxyl groups is 2. The van der Waals surface area contributed by atoms with Gasteiger partial charge in [-0.2, -0.15) is 5.10 Å². The van der Waals surface area contributed by atoms with E-state index in [0.717, 1.165) is 11.3 Å². The van der Waals surface area contributed by atoms with Gasteiger partial charge in [0.1, 0.15) is 16.5 Å². The highest BCUT2D eigenvalue weighted by atomic mass is 32.1. The van der Waals surface area contributed by atoms with E-state index < -0.39 is 0 Å². The summed E-state index contributed by atoms with van der Waals surface area (Å²) in [6.45, 7) is 1.66. The van der Waals surface area contributed by atoms with E-state index in [9.17, 15) is 15.0 Å². The molecule has 2 aromatic carbocycles. The van der Waals surface area contributed by atoms with Gasteiger partial charge < -0.3 is 10.2 Å². The van der Waals surface area contributed by atoms with Crippen LogP contribution in [0.1, 0.15) is 17.5 Å². The predicted molar refractivity (Wildman–Crippen MR) is 101 cm³/mol. The van der Waals surface area contributed by atoms with Gasteiger partial charge in [0.2, 0.25) is 5.91 Å². The zero-order chi connectivity index (χ0) is 18.5. The minimum Gasteiger partial charge on any atom is -0.508 e. The number of aromatic nitrogens is 1. The van der Waals surface area contributed by atoms with Crippen LogP contribution in [0.15, 0.2) is 59.0 Å². The first-order chi connectivity index (χ1) is 12.5. The molecule has 6 nitrogen and oxygen atoms in total. The molecule has 7 heteroatoms. The largest absolute Gasteiger partial charge is 0.508 e. The van der Waals surface area contributed by atoms with Gasteiger partial charge in [0.15, 0.2) is 0 Å². The Morgan fingerprint density at radius 1 is 1.19 bits per heavy atom.